The summed E-state index contributed by atoms with van der Waals surface area (Å²) in [6.45, 7) is 1.81. The Morgan fingerprint density at radius 2 is 1.61 bits per heavy atom. The van der Waals surface area contributed by atoms with Crippen molar-refractivity contribution in [3.8, 4) is 11.3 Å². The number of halogens is 1. The molecule has 0 aliphatic rings. The van der Waals surface area contributed by atoms with E-state index in [1.54, 1.807) is 37.4 Å². The van der Waals surface area contributed by atoms with Gasteiger partial charge in [-0.05, 0) is 55.5 Å². The molecule has 3 aromatic rings. The lowest BCUT2D eigenvalue weighted by molar-refractivity contribution is 0.102. The summed E-state index contributed by atoms with van der Waals surface area (Å²) in [5, 5.41) is 7.99. The van der Waals surface area contributed by atoms with Crippen molar-refractivity contribution in [1.82, 2.24) is 10.3 Å². The molecule has 0 saturated carbocycles. The van der Waals surface area contributed by atoms with Gasteiger partial charge in [0.2, 0.25) is 0 Å². The molecular formula is C21H19BrN4O2. The summed E-state index contributed by atoms with van der Waals surface area (Å²) in [4.78, 5) is 28.5. The van der Waals surface area contributed by atoms with Crippen LogP contribution in [0.5, 0.6) is 0 Å². The molecule has 0 bridgehead atoms. The second kappa shape index (κ2) is 8.67. The minimum absolute atomic E-state index is 0.238. The SMILES string of the molecule is CNC(=O)Nc1ccc(NC(=O)c2ccc(-c3cccc(Br)c3)nc2C)cc1. The Kier molecular flexibility index (Phi) is 6.06. The molecule has 0 fully saturated rings. The molecule has 6 nitrogen and oxygen atoms in total. The molecule has 0 unspecified atom stereocenters. The van der Waals surface area contributed by atoms with Crippen molar-refractivity contribution in [2.24, 2.45) is 0 Å². The van der Waals surface area contributed by atoms with Gasteiger partial charge in [0.25, 0.3) is 5.91 Å². The van der Waals surface area contributed by atoms with Gasteiger partial charge in [-0.1, -0.05) is 28.1 Å². The van der Waals surface area contributed by atoms with E-state index in [4.69, 9.17) is 0 Å². The maximum Gasteiger partial charge on any atom is 0.318 e. The van der Waals surface area contributed by atoms with Crippen molar-refractivity contribution in [3.63, 3.8) is 0 Å². The van der Waals surface area contributed by atoms with Crippen LogP contribution < -0.4 is 16.0 Å². The number of hydrogen-bond acceptors (Lipinski definition) is 3. The number of aromatic nitrogens is 1. The first-order valence-corrected chi connectivity index (χ1v) is 9.39. The van der Waals surface area contributed by atoms with Crippen molar-refractivity contribution in [3.05, 3.63) is 76.4 Å². The molecule has 7 heteroatoms. The third-order valence-corrected chi connectivity index (χ3v) is 4.57. The fourth-order valence-corrected chi connectivity index (χ4v) is 3.04. The van der Waals surface area contributed by atoms with Crippen LogP contribution in [-0.2, 0) is 0 Å². The van der Waals surface area contributed by atoms with Crippen LogP contribution in [0, 0.1) is 6.92 Å². The maximum absolute atomic E-state index is 12.6. The second-order valence-corrected chi connectivity index (χ2v) is 6.99. The highest BCUT2D eigenvalue weighted by atomic mass is 79.9. The highest BCUT2D eigenvalue weighted by molar-refractivity contribution is 9.10. The Balaban J connectivity index is 1.73. The number of anilines is 2. The smallest absolute Gasteiger partial charge is 0.318 e. The number of nitrogens with zero attached hydrogens (tertiary/aromatic N) is 1. The monoisotopic (exact) mass is 438 g/mol. The summed E-state index contributed by atoms with van der Waals surface area (Å²) < 4.78 is 0.973. The van der Waals surface area contributed by atoms with Crippen LogP contribution in [0.1, 0.15) is 16.1 Å². The lowest BCUT2D eigenvalue weighted by Gasteiger charge is -2.10. The first-order valence-electron chi connectivity index (χ1n) is 8.60. The molecule has 0 radical (unpaired) electrons. The van der Waals surface area contributed by atoms with Crippen LogP contribution in [0.15, 0.2) is 65.1 Å². The Hall–Kier alpha value is -3.19. The van der Waals surface area contributed by atoms with Crippen LogP contribution in [0.25, 0.3) is 11.3 Å². The highest BCUT2D eigenvalue weighted by Crippen LogP contribution is 2.23. The summed E-state index contributed by atoms with van der Waals surface area (Å²) in [5.41, 5.74) is 4.19. The van der Waals surface area contributed by atoms with Gasteiger partial charge in [-0.25, -0.2) is 4.79 Å². The number of rotatable bonds is 4. The van der Waals surface area contributed by atoms with Gasteiger partial charge >= 0.3 is 6.03 Å². The Labute approximate surface area is 171 Å². The normalized spacial score (nSPS) is 10.2. The third kappa shape index (κ3) is 4.75. The molecule has 1 heterocycles. The number of carbonyl (C=O) groups excluding carboxylic acids is 2. The number of carbonyl (C=O) groups is 2. The summed E-state index contributed by atoms with van der Waals surface area (Å²) >= 11 is 3.46. The number of benzene rings is 2. The molecule has 1 aromatic heterocycles. The zero-order valence-corrected chi connectivity index (χ0v) is 17.0. The van der Waals surface area contributed by atoms with Crippen LogP contribution >= 0.6 is 15.9 Å². The van der Waals surface area contributed by atoms with E-state index < -0.39 is 0 Å². The van der Waals surface area contributed by atoms with E-state index in [2.05, 4.69) is 36.9 Å². The van der Waals surface area contributed by atoms with Crippen LogP contribution in [0.2, 0.25) is 0 Å². The Bertz CT molecular complexity index is 1020. The first-order chi connectivity index (χ1) is 13.5. The lowest BCUT2D eigenvalue weighted by Crippen LogP contribution is -2.24. The molecule has 0 aliphatic carbocycles. The number of nitrogens with one attached hydrogen (secondary N) is 3. The van der Waals surface area contributed by atoms with E-state index >= 15 is 0 Å². The summed E-state index contributed by atoms with van der Waals surface area (Å²) in [5.74, 6) is -0.238. The lowest BCUT2D eigenvalue weighted by atomic mass is 10.1. The first kappa shape index (κ1) is 19.6. The number of hydrogen-bond donors (Lipinski definition) is 3. The fraction of sp³-hybridized carbons (Fsp3) is 0.0952. The largest absolute Gasteiger partial charge is 0.341 e. The standard InChI is InChI=1S/C21H19BrN4O2/c1-13-18(10-11-19(24-13)14-4-3-5-15(22)12-14)20(27)25-16-6-8-17(9-7-16)26-21(28)23-2/h3-12H,1-2H3,(H,25,27)(H2,23,26,28). The van der Waals surface area contributed by atoms with E-state index in [-0.39, 0.29) is 11.9 Å². The molecule has 3 rings (SSSR count). The highest BCUT2D eigenvalue weighted by Gasteiger charge is 2.12. The number of amides is 3. The molecule has 2 aromatic carbocycles. The molecule has 0 saturated heterocycles. The predicted octanol–water partition coefficient (Wildman–Crippen LogP) is 4.82. The average Bonchev–Trinajstić information content (AvgIpc) is 2.69. The summed E-state index contributed by atoms with van der Waals surface area (Å²) in [6.07, 6.45) is 0. The van der Waals surface area contributed by atoms with Gasteiger partial charge in [0.05, 0.1) is 17.0 Å². The molecule has 0 spiro atoms. The zero-order chi connectivity index (χ0) is 20.1. The van der Waals surface area contributed by atoms with Gasteiger partial charge < -0.3 is 16.0 Å². The molecule has 0 aliphatic heterocycles. The summed E-state index contributed by atoms with van der Waals surface area (Å²) in [7, 11) is 1.54. The van der Waals surface area contributed by atoms with Crippen molar-refractivity contribution in [2.45, 2.75) is 6.92 Å². The minimum atomic E-state index is -0.302. The van der Waals surface area contributed by atoms with Gasteiger partial charge in [0.1, 0.15) is 0 Å². The molecule has 3 amide bonds. The van der Waals surface area contributed by atoms with E-state index in [1.807, 2.05) is 37.3 Å². The van der Waals surface area contributed by atoms with Gasteiger partial charge in [-0.2, -0.15) is 0 Å². The Morgan fingerprint density at radius 3 is 2.21 bits per heavy atom. The van der Waals surface area contributed by atoms with E-state index in [1.165, 1.54) is 0 Å². The average molecular weight is 439 g/mol. The Morgan fingerprint density at radius 1 is 0.929 bits per heavy atom. The van der Waals surface area contributed by atoms with Gasteiger partial charge in [-0.15, -0.1) is 0 Å². The van der Waals surface area contributed by atoms with Crippen molar-refractivity contribution >= 4 is 39.2 Å². The minimum Gasteiger partial charge on any atom is -0.341 e. The van der Waals surface area contributed by atoms with E-state index in [0.29, 0.717) is 22.6 Å². The van der Waals surface area contributed by atoms with E-state index in [9.17, 15) is 9.59 Å². The van der Waals surface area contributed by atoms with Gasteiger partial charge in [0, 0.05) is 28.5 Å². The van der Waals surface area contributed by atoms with Gasteiger partial charge in [-0.3, -0.25) is 9.78 Å². The van der Waals surface area contributed by atoms with Crippen LogP contribution in [0.4, 0.5) is 16.2 Å². The van der Waals surface area contributed by atoms with Crippen molar-refractivity contribution in [2.75, 3.05) is 17.7 Å². The number of aryl methyl sites for hydroxylation is 1. The van der Waals surface area contributed by atoms with E-state index in [0.717, 1.165) is 15.7 Å². The molecule has 3 N–H and O–H groups in total. The molecular weight excluding hydrogens is 420 g/mol. The quantitative estimate of drug-likeness (QED) is 0.545. The molecule has 0 atom stereocenters. The molecule has 142 valence electrons. The van der Waals surface area contributed by atoms with Crippen molar-refractivity contribution in [1.29, 1.82) is 0 Å². The van der Waals surface area contributed by atoms with Crippen LogP contribution in [0.3, 0.4) is 0 Å². The predicted molar refractivity (Wildman–Crippen MR) is 115 cm³/mol. The van der Waals surface area contributed by atoms with Crippen molar-refractivity contribution < 1.29 is 9.59 Å². The molecule has 28 heavy (non-hydrogen) atoms. The van der Waals surface area contributed by atoms with Crippen LogP contribution in [-0.4, -0.2) is 24.0 Å². The van der Waals surface area contributed by atoms with Gasteiger partial charge in [0.15, 0.2) is 0 Å². The third-order valence-electron chi connectivity index (χ3n) is 4.08. The fourth-order valence-electron chi connectivity index (χ4n) is 2.64. The summed E-state index contributed by atoms with van der Waals surface area (Å²) in [6, 6.07) is 18.0. The maximum atomic E-state index is 12.6. The number of urea groups is 1. The number of pyridine rings is 1. The second-order valence-electron chi connectivity index (χ2n) is 6.08. The zero-order valence-electron chi connectivity index (χ0n) is 15.4. The topological polar surface area (TPSA) is 83.1 Å².